The summed E-state index contributed by atoms with van der Waals surface area (Å²) in [6.45, 7) is -0.0460. The number of carbonyl (C=O) groups is 2. The number of hydrogen-bond acceptors (Lipinski definition) is 4. The van der Waals surface area contributed by atoms with Crippen molar-refractivity contribution in [3.05, 3.63) is 58.3 Å². The summed E-state index contributed by atoms with van der Waals surface area (Å²) in [5, 5.41) is 1.96. The molecule has 0 N–H and O–H groups in total. The zero-order valence-corrected chi connectivity index (χ0v) is 13.3. The van der Waals surface area contributed by atoms with Crippen molar-refractivity contribution in [1.29, 1.82) is 0 Å². The van der Waals surface area contributed by atoms with E-state index in [-0.39, 0.29) is 18.3 Å². The van der Waals surface area contributed by atoms with Crippen molar-refractivity contribution >= 4 is 29.1 Å². The third-order valence-electron chi connectivity index (χ3n) is 2.92. The van der Waals surface area contributed by atoms with E-state index in [1.807, 2.05) is 17.5 Å². The average molecular weight is 315 g/mol. The maximum Gasteiger partial charge on any atom is 0.259 e. The number of carbonyl (C=O) groups excluding carboxylic acids is 2. The lowest BCUT2D eigenvalue weighted by atomic mass is 10.1. The van der Waals surface area contributed by atoms with E-state index in [9.17, 15) is 9.59 Å². The number of ketones is 1. The fourth-order valence-electron chi connectivity index (χ4n) is 1.65. The van der Waals surface area contributed by atoms with Crippen molar-refractivity contribution in [2.75, 3.05) is 20.7 Å². The van der Waals surface area contributed by atoms with E-state index < -0.39 is 0 Å². The summed E-state index contributed by atoms with van der Waals surface area (Å²) < 4.78 is 5.40. The molecule has 0 fully saturated rings. The van der Waals surface area contributed by atoms with Crippen molar-refractivity contribution in [2.24, 2.45) is 0 Å². The van der Waals surface area contributed by atoms with Gasteiger partial charge in [0, 0.05) is 24.5 Å². The number of thiophene rings is 1. The Morgan fingerprint density at radius 2 is 2.05 bits per heavy atom. The van der Waals surface area contributed by atoms with E-state index in [2.05, 4.69) is 0 Å². The summed E-state index contributed by atoms with van der Waals surface area (Å²) in [4.78, 5) is 26.1. The summed E-state index contributed by atoms with van der Waals surface area (Å²) in [6, 6.07) is 10.7. The molecule has 1 amide bonds. The smallest absolute Gasteiger partial charge is 0.259 e. The van der Waals surface area contributed by atoms with Crippen LogP contribution in [0.15, 0.2) is 47.9 Å². The molecule has 0 aliphatic rings. The molecule has 114 valence electrons. The monoisotopic (exact) mass is 315 g/mol. The molecule has 0 saturated carbocycles. The van der Waals surface area contributed by atoms with Crippen LogP contribution in [0.3, 0.4) is 0 Å². The molecule has 0 bridgehead atoms. The zero-order chi connectivity index (χ0) is 15.9. The quantitative estimate of drug-likeness (QED) is 0.608. The molecule has 1 aromatic carbocycles. The third kappa shape index (κ3) is 4.56. The van der Waals surface area contributed by atoms with E-state index in [4.69, 9.17) is 4.74 Å². The lowest BCUT2D eigenvalue weighted by molar-refractivity contribution is -0.130. The molecule has 0 unspecified atom stereocenters. The second kappa shape index (κ2) is 7.56. The first-order valence-corrected chi connectivity index (χ1v) is 7.63. The van der Waals surface area contributed by atoms with E-state index in [1.165, 1.54) is 11.0 Å². The number of benzene rings is 1. The minimum Gasteiger partial charge on any atom is -0.484 e. The van der Waals surface area contributed by atoms with Crippen molar-refractivity contribution < 1.29 is 14.3 Å². The second-order valence-electron chi connectivity index (χ2n) is 4.82. The Labute approximate surface area is 133 Å². The minimum atomic E-state index is -0.130. The predicted octanol–water partition coefficient (Wildman–Crippen LogP) is 3.11. The number of rotatable bonds is 6. The van der Waals surface area contributed by atoms with Crippen LogP contribution in [-0.4, -0.2) is 37.3 Å². The predicted molar refractivity (Wildman–Crippen MR) is 88.3 cm³/mol. The van der Waals surface area contributed by atoms with Gasteiger partial charge in [0.2, 0.25) is 0 Å². The molecular formula is C17H17NO3S. The van der Waals surface area contributed by atoms with Crippen molar-refractivity contribution in [3.8, 4) is 5.75 Å². The van der Waals surface area contributed by atoms with Gasteiger partial charge < -0.3 is 9.64 Å². The molecule has 4 nitrogen and oxygen atoms in total. The largest absolute Gasteiger partial charge is 0.484 e. The molecule has 0 aliphatic heterocycles. The van der Waals surface area contributed by atoms with Gasteiger partial charge in [0.05, 0.1) is 0 Å². The zero-order valence-electron chi connectivity index (χ0n) is 12.5. The van der Waals surface area contributed by atoms with Gasteiger partial charge in [0.15, 0.2) is 12.4 Å². The van der Waals surface area contributed by atoms with Gasteiger partial charge >= 0.3 is 0 Å². The van der Waals surface area contributed by atoms with Gasteiger partial charge in [-0.15, -0.1) is 11.3 Å². The molecule has 2 aromatic rings. The number of allylic oxidation sites excluding steroid dienone is 1. The van der Waals surface area contributed by atoms with Gasteiger partial charge in [0.25, 0.3) is 5.91 Å². The van der Waals surface area contributed by atoms with Crippen molar-refractivity contribution in [2.45, 2.75) is 0 Å². The Balaban J connectivity index is 2.01. The van der Waals surface area contributed by atoms with Gasteiger partial charge in [-0.05, 0) is 35.7 Å². The van der Waals surface area contributed by atoms with Gasteiger partial charge in [-0.3, -0.25) is 9.59 Å². The van der Waals surface area contributed by atoms with Crippen LogP contribution >= 0.6 is 11.3 Å². The fraction of sp³-hybridized carbons (Fsp3) is 0.176. The van der Waals surface area contributed by atoms with Crippen LogP contribution in [0.5, 0.6) is 5.75 Å². The molecule has 5 heteroatoms. The van der Waals surface area contributed by atoms with Crippen LogP contribution in [0.1, 0.15) is 15.2 Å². The second-order valence-corrected chi connectivity index (χ2v) is 5.80. The summed E-state index contributed by atoms with van der Waals surface area (Å²) in [7, 11) is 3.34. The van der Waals surface area contributed by atoms with Crippen molar-refractivity contribution in [3.63, 3.8) is 0 Å². The first kappa shape index (κ1) is 16.0. The SMILES string of the molecule is CN(C)C(=O)COc1cccc(C(=O)C=Cc2cccs2)c1. The van der Waals surface area contributed by atoms with E-state index in [1.54, 1.807) is 55.8 Å². The molecule has 0 radical (unpaired) electrons. The van der Waals surface area contributed by atoms with E-state index in [0.29, 0.717) is 11.3 Å². The number of nitrogens with zero attached hydrogens (tertiary/aromatic N) is 1. The Morgan fingerprint density at radius 1 is 1.23 bits per heavy atom. The molecule has 1 aromatic heterocycles. The highest BCUT2D eigenvalue weighted by Crippen LogP contribution is 2.16. The fourth-order valence-corrected chi connectivity index (χ4v) is 2.27. The highest BCUT2D eigenvalue weighted by Gasteiger charge is 2.07. The Bertz CT molecular complexity index is 675. The molecule has 0 aliphatic carbocycles. The van der Waals surface area contributed by atoms with Gasteiger partial charge in [-0.1, -0.05) is 18.2 Å². The van der Waals surface area contributed by atoms with Crippen molar-refractivity contribution in [1.82, 2.24) is 4.90 Å². The first-order chi connectivity index (χ1) is 10.6. The molecular weight excluding hydrogens is 298 g/mol. The summed E-state index contributed by atoms with van der Waals surface area (Å²) in [6.07, 6.45) is 3.33. The molecule has 0 atom stereocenters. The van der Waals surface area contributed by atoms with Crippen LogP contribution in [-0.2, 0) is 4.79 Å². The van der Waals surface area contributed by atoms with Crippen LogP contribution in [0.2, 0.25) is 0 Å². The summed E-state index contributed by atoms with van der Waals surface area (Å²) in [5.74, 6) is 0.276. The Morgan fingerprint density at radius 3 is 2.73 bits per heavy atom. The average Bonchev–Trinajstić information content (AvgIpc) is 3.03. The minimum absolute atomic E-state index is 0.0460. The summed E-state index contributed by atoms with van der Waals surface area (Å²) >= 11 is 1.57. The van der Waals surface area contributed by atoms with Crippen LogP contribution in [0.25, 0.3) is 6.08 Å². The van der Waals surface area contributed by atoms with E-state index >= 15 is 0 Å². The van der Waals surface area contributed by atoms with Crippen LogP contribution < -0.4 is 4.74 Å². The molecule has 2 rings (SSSR count). The number of likely N-dealkylation sites (N-methyl/N-ethyl adjacent to an activating group) is 1. The highest BCUT2D eigenvalue weighted by molar-refractivity contribution is 7.10. The molecule has 1 heterocycles. The Kier molecular flexibility index (Phi) is 5.49. The third-order valence-corrected chi connectivity index (χ3v) is 3.76. The molecule has 22 heavy (non-hydrogen) atoms. The Hall–Kier alpha value is -2.40. The number of amides is 1. The molecule has 0 saturated heterocycles. The van der Waals surface area contributed by atoms with Crippen LogP contribution in [0.4, 0.5) is 0 Å². The number of hydrogen-bond donors (Lipinski definition) is 0. The molecule has 0 spiro atoms. The maximum atomic E-state index is 12.1. The summed E-state index contributed by atoms with van der Waals surface area (Å²) in [5.41, 5.74) is 0.530. The topological polar surface area (TPSA) is 46.6 Å². The number of ether oxygens (including phenoxy) is 1. The van der Waals surface area contributed by atoms with Gasteiger partial charge in [-0.2, -0.15) is 0 Å². The standard InChI is InChI=1S/C17H17NO3S/c1-18(2)17(20)12-21-14-6-3-5-13(11-14)16(19)9-8-15-7-4-10-22-15/h3-11H,12H2,1-2H3. The normalized spacial score (nSPS) is 10.6. The first-order valence-electron chi connectivity index (χ1n) is 6.75. The van der Waals surface area contributed by atoms with E-state index in [0.717, 1.165) is 4.88 Å². The highest BCUT2D eigenvalue weighted by atomic mass is 32.1. The lowest BCUT2D eigenvalue weighted by Crippen LogP contribution is -2.27. The van der Waals surface area contributed by atoms with Gasteiger partial charge in [-0.25, -0.2) is 0 Å². The van der Waals surface area contributed by atoms with Gasteiger partial charge in [0.1, 0.15) is 5.75 Å². The van der Waals surface area contributed by atoms with Crippen LogP contribution in [0, 0.1) is 0 Å². The maximum absolute atomic E-state index is 12.1. The lowest BCUT2D eigenvalue weighted by Gasteiger charge is -2.11.